The number of anilines is 1. The SMILES string of the molecule is Nc1ccc(Sc2ncc[nH]2)c2nonc12. The van der Waals surface area contributed by atoms with Crippen LogP contribution in [0.15, 0.2) is 39.2 Å². The molecule has 1 aromatic carbocycles. The molecule has 0 saturated carbocycles. The predicted molar refractivity (Wildman–Crippen MR) is 58.9 cm³/mol. The van der Waals surface area contributed by atoms with Gasteiger partial charge in [0.1, 0.15) is 0 Å². The van der Waals surface area contributed by atoms with Gasteiger partial charge in [-0.3, -0.25) is 0 Å². The maximum absolute atomic E-state index is 5.75. The Labute approximate surface area is 94.2 Å². The smallest absolute Gasteiger partial charge is 0.170 e. The van der Waals surface area contributed by atoms with Gasteiger partial charge in [0.05, 0.1) is 5.69 Å². The van der Waals surface area contributed by atoms with Crippen LogP contribution in [0.2, 0.25) is 0 Å². The van der Waals surface area contributed by atoms with Crippen LogP contribution in [0, 0.1) is 0 Å². The van der Waals surface area contributed by atoms with E-state index in [1.165, 1.54) is 11.8 Å². The first-order valence-electron chi connectivity index (χ1n) is 4.52. The van der Waals surface area contributed by atoms with Crippen molar-refractivity contribution in [1.29, 1.82) is 0 Å². The van der Waals surface area contributed by atoms with Gasteiger partial charge in [0, 0.05) is 17.3 Å². The van der Waals surface area contributed by atoms with E-state index in [9.17, 15) is 0 Å². The van der Waals surface area contributed by atoms with Crippen molar-refractivity contribution in [3.05, 3.63) is 24.5 Å². The number of aromatic nitrogens is 4. The van der Waals surface area contributed by atoms with Gasteiger partial charge in [0.25, 0.3) is 0 Å². The highest BCUT2D eigenvalue weighted by atomic mass is 32.2. The Kier molecular flexibility index (Phi) is 2.03. The topological polar surface area (TPSA) is 93.6 Å². The predicted octanol–water partition coefficient (Wildman–Crippen LogP) is 1.68. The molecule has 0 aliphatic heterocycles. The molecule has 0 unspecified atom stereocenters. The van der Waals surface area contributed by atoms with E-state index in [0.29, 0.717) is 16.7 Å². The van der Waals surface area contributed by atoms with Gasteiger partial charge in [-0.15, -0.1) is 0 Å². The van der Waals surface area contributed by atoms with Crippen molar-refractivity contribution in [1.82, 2.24) is 20.3 Å². The zero-order valence-electron chi connectivity index (χ0n) is 8.04. The number of nitrogens with zero attached hydrogens (tertiary/aromatic N) is 3. The number of nitrogen functional groups attached to an aromatic ring is 1. The molecule has 0 aliphatic rings. The first-order valence-corrected chi connectivity index (χ1v) is 5.34. The molecule has 3 rings (SSSR count). The van der Waals surface area contributed by atoms with Crippen LogP contribution in [0.25, 0.3) is 11.0 Å². The van der Waals surface area contributed by atoms with Crippen LogP contribution in [0.4, 0.5) is 5.69 Å². The summed E-state index contributed by atoms with van der Waals surface area (Å²) in [5.41, 5.74) is 7.54. The molecule has 0 amide bonds. The van der Waals surface area contributed by atoms with Crippen LogP contribution < -0.4 is 5.73 Å². The molecular weight excluding hydrogens is 226 g/mol. The summed E-state index contributed by atoms with van der Waals surface area (Å²) in [4.78, 5) is 8.02. The molecular formula is C9H7N5OS. The maximum atomic E-state index is 5.75. The number of nitrogens with one attached hydrogen (secondary N) is 1. The highest BCUT2D eigenvalue weighted by Crippen LogP contribution is 2.32. The molecule has 3 N–H and O–H groups in total. The van der Waals surface area contributed by atoms with E-state index in [-0.39, 0.29) is 0 Å². The second kappa shape index (κ2) is 3.53. The lowest BCUT2D eigenvalue weighted by molar-refractivity contribution is 0.315. The summed E-state index contributed by atoms with van der Waals surface area (Å²) in [6.07, 6.45) is 3.45. The minimum Gasteiger partial charge on any atom is -0.397 e. The average Bonchev–Trinajstić information content (AvgIpc) is 2.92. The Morgan fingerprint density at radius 2 is 2.12 bits per heavy atom. The molecule has 0 saturated heterocycles. The van der Waals surface area contributed by atoms with Crippen molar-refractivity contribution in [2.45, 2.75) is 10.1 Å². The summed E-state index contributed by atoms with van der Waals surface area (Å²) in [5.74, 6) is 0. The van der Waals surface area contributed by atoms with Crippen molar-refractivity contribution in [2.24, 2.45) is 0 Å². The van der Waals surface area contributed by atoms with Crippen LogP contribution in [0.1, 0.15) is 0 Å². The molecule has 0 aliphatic carbocycles. The highest BCUT2D eigenvalue weighted by molar-refractivity contribution is 7.99. The Bertz CT molecular complexity index is 618. The first-order chi connectivity index (χ1) is 7.84. The summed E-state index contributed by atoms with van der Waals surface area (Å²) < 4.78 is 4.68. The molecule has 0 atom stereocenters. The third kappa shape index (κ3) is 1.41. The van der Waals surface area contributed by atoms with Gasteiger partial charge < -0.3 is 10.7 Å². The van der Waals surface area contributed by atoms with Gasteiger partial charge in [-0.1, -0.05) is 0 Å². The second-order valence-electron chi connectivity index (χ2n) is 3.11. The third-order valence-electron chi connectivity index (χ3n) is 2.09. The van der Waals surface area contributed by atoms with Crippen molar-refractivity contribution in [3.8, 4) is 0 Å². The standard InChI is InChI=1S/C9H7N5OS/c10-5-1-2-6(8-7(5)13-15-14-8)16-9-11-3-4-12-9/h1-4H,10H2,(H,11,12). The lowest BCUT2D eigenvalue weighted by Crippen LogP contribution is -1.87. The normalized spacial score (nSPS) is 11.0. The van der Waals surface area contributed by atoms with E-state index in [0.717, 1.165) is 10.1 Å². The van der Waals surface area contributed by atoms with Crippen LogP contribution in [0.5, 0.6) is 0 Å². The van der Waals surface area contributed by atoms with E-state index in [2.05, 4.69) is 24.9 Å². The van der Waals surface area contributed by atoms with Crippen molar-refractivity contribution in [3.63, 3.8) is 0 Å². The fourth-order valence-corrected chi connectivity index (χ4v) is 2.17. The molecule has 0 radical (unpaired) electrons. The zero-order valence-corrected chi connectivity index (χ0v) is 8.86. The third-order valence-corrected chi connectivity index (χ3v) is 3.06. The van der Waals surface area contributed by atoms with Crippen molar-refractivity contribution >= 4 is 28.5 Å². The van der Waals surface area contributed by atoms with Gasteiger partial charge >= 0.3 is 0 Å². The number of benzene rings is 1. The summed E-state index contributed by atoms with van der Waals surface area (Å²) >= 11 is 1.45. The Hall–Kier alpha value is -2.02. The highest BCUT2D eigenvalue weighted by Gasteiger charge is 2.11. The fourth-order valence-electron chi connectivity index (χ4n) is 1.36. The molecule has 2 aromatic heterocycles. The molecule has 3 aromatic rings. The summed E-state index contributed by atoms with van der Waals surface area (Å²) in [5, 5.41) is 8.37. The number of H-pyrrole nitrogens is 1. The van der Waals surface area contributed by atoms with Gasteiger partial charge in [0.15, 0.2) is 16.2 Å². The molecule has 2 heterocycles. The average molecular weight is 233 g/mol. The number of aromatic amines is 1. The van der Waals surface area contributed by atoms with Crippen LogP contribution in [-0.4, -0.2) is 20.3 Å². The maximum Gasteiger partial charge on any atom is 0.170 e. The second-order valence-corrected chi connectivity index (χ2v) is 4.14. The van der Waals surface area contributed by atoms with E-state index in [1.807, 2.05) is 6.07 Å². The molecule has 6 nitrogen and oxygen atoms in total. The van der Waals surface area contributed by atoms with Gasteiger partial charge in [-0.25, -0.2) is 9.61 Å². The Morgan fingerprint density at radius 3 is 2.94 bits per heavy atom. The summed E-state index contributed by atoms with van der Waals surface area (Å²) in [6.45, 7) is 0. The van der Waals surface area contributed by atoms with Gasteiger partial charge in [-0.05, 0) is 34.2 Å². The van der Waals surface area contributed by atoms with E-state index < -0.39 is 0 Å². The Balaban J connectivity index is 2.10. The zero-order chi connectivity index (χ0) is 11.0. The van der Waals surface area contributed by atoms with Crippen LogP contribution in [-0.2, 0) is 0 Å². The van der Waals surface area contributed by atoms with E-state index >= 15 is 0 Å². The lowest BCUT2D eigenvalue weighted by Gasteiger charge is -1.99. The summed E-state index contributed by atoms with van der Waals surface area (Å²) in [7, 11) is 0. The molecule has 80 valence electrons. The number of rotatable bonds is 2. The van der Waals surface area contributed by atoms with Gasteiger partial charge in [-0.2, -0.15) is 0 Å². The van der Waals surface area contributed by atoms with Crippen molar-refractivity contribution < 1.29 is 4.63 Å². The largest absolute Gasteiger partial charge is 0.397 e. The molecule has 16 heavy (non-hydrogen) atoms. The molecule has 0 bridgehead atoms. The lowest BCUT2D eigenvalue weighted by atomic mass is 10.3. The molecule has 0 spiro atoms. The Morgan fingerprint density at radius 1 is 1.25 bits per heavy atom. The fraction of sp³-hybridized carbons (Fsp3) is 0. The van der Waals surface area contributed by atoms with E-state index in [4.69, 9.17) is 5.73 Å². The number of hydrogen-bond acceptors (Lipinski definition) is 6. The van der Waals surface area contributed by atoms with Crippen LogP contribution >= 0.6 is 11.8 Å². The number of fused-ring (bicyclic) bond motifs is 1. The number of hydrogen-bond donors (Lipinski definition) is 2. The van der Waals surface area contributed by atoms with Crippen LogP contribution in [0.3, 0.4) is 0 Å². The minimum atomic E-state index is 0.556. The first kappa shape index (κ1) is 9.22. The van der Waals surface area contributed by atoms with Crippen molar-refractivity contribution in [2.75, 3.05) is 5.73 Å². The monoisotopic (exact) mass is 233 g/mol. The number of imidazole rings is 1. The van der Waals surface area contributed by atoms with Gasteiger partial charge in [0.2, 0.25) is 0 Å². The molecule has 7 heteroatoms. The molecule has 0 fully saturated rings. The number of nitrogens with two attached hydrogens (primary N) is 1. The minimum absolute atomic E-state index is 0.556. The summed E-state index contributed by atoms with van der Waals surface area (Å²) in [6, 6.07) is 3.65. The quantitative estimate of drug-likeness (QED) is 0.654. The van der Waals surface area contributed by atoms with E-state index in [1.54, 1.807) is 18.5 Å².